The summed E-state index contributed by atoms with van der Waals surface area (Å²) in [6, 6.07) is 5.58. The third kappa shape index (κ3) is 10.7. The number of hydrogen-bond acceptors (Lipinski definition) is 8. The molecule has 1 aliphatic rings. The van der Waals surface area contributed by atoms with Gasteiger partial charge in [-0.3, -0.25) is 39.9 Å². The van der Waals surface area contributed by atoms with E-state index < -0.39 is 53.8 Å². The molecule has 1 aromatic carbocycles. The first kappa shape index (κ1) is 35.2. The van der Waals surface area contributed by atoms with E-state index in [0.717, 1.165) is 4.90 Å². The molecule has 3 rings (SSSR count). The van der Waals surface area contributed by atoms with Gasteiger partial charge in [0.2, 0.25) is 5.91 Å². The third-order valence-electron chi connectivity index (χ3n) is 6.56. The zero-order valence-corrected chi connectivity index (χ0v) is 26.0. The third-order valence-corrected chi connectivity index (χ3v) is 7.12. The number of pyridine rings is 1. The van der Waals surface area contributed by atoms with Crippen LogP contribution in [0.2, 0.25) is 5.02 Å². The minimum atomic E-state index is -4.80. The molecule has 1 aliphatic carbocycles. The Labute approximate surface area is 262 Å². The summed E-state index contributed by atoms with van der Waals surface area (Å²) in [4.78, 5) is 57.1. The summed E-state index contributed by atoms with van der Waals surface area (Å²) in [5, 5.41) is 3.92. The molecule has 3 N–H and O–H groups in total. The van der Waals surface area contributed by atoms with E-state index in [2.05, 4.69) is 38.5 Å². The van der Waals surface area contributed by atoms with Gasteiger partial charge in [-0.05, 0) is 70.4 Å². The molecule has 1 heterocycles. The molecule has 1 atom stereocenters. The molecule has 0 unspecified atom stereocenters. The molecular formula is C28H35ClF3N5O6S. The normalized spacial score (nSPS) is 17.3. The lowest BCUT2D eigenvalue weighted by Crippen LogP contribution is -2.57. The van der Waals surface area contributed by atoms with Crippen molar-refractivity contribution in [3.05, 3.63) is 41.0 Å². The number of hydrazine groups is 1. The van der Waals surface area contributed by atoms with Crippen LogP contribution in [0.4, 0.5) is 18.0 Å². The average molecular weight is 662 g/mol. The van der Waals surface area contributed by atoms with Crippen molar-refractivity contribution in [2.75, 3.05) is 18.8 Å². The second-order valence-corrected chi connectivity index (χ2v) is 12.1. The number of aromatic nitrogens is 1. The number of fused-ring (bicyclic) bond motifs is 1. The summed E-state index contributed by atoms with van der Waals surface area (Å²) >= 11 is 10.2. The van der Waals surface area contributed by atoms with E-state index in [1.165, 1.54) is 6.20 Å². The highest BCUT2D eigenvalue weighted by molar-refractivity contribution is 7.80. The number of amides is 4. The standard InChI is InChI=1S/C28H35ClF3N5O6S/c1-27(2,3)43-26(41)37(9-8-33-23(38)18-11-16-6-7-19(29)14-21(16)34-15-18)22(5-4-10-44)25(40)36-35-24(39)17-12-20(13-17)42-28(30,31)32/h6-7,11,14-15,17,20,22,44H,4-5,8-10,12-13H2,1-3H3,(H,33,38)(H,35,39)(H,36,40)/t17?,20?,22-/m1/s1. The number of benzene rings is 1. The second kappa shape index (κ2) is 15.1. The first-order valence-electron chi connectivity index (χ1n) is 13.8. The van der Waals surface area contributed by atoms with Crippen molar-refractivity contribution in [2.45, 2.75) is 70.6 Å². The molecule has 0 radical (unpaired) electrons. The van der Waals surface area contributed by atoms with Crippen LogP contribution >= 0.6 is 24.2 Å². The Morgan fingerprint density at radius 1 is 1.14 bits per heavy atom. The Balaban J connectivity index is 1.66. The molecule has 1 aromatic heterocycles. The summed E-state index contributed by atoms with van der Waals surface area (Å²) in [6.45, 7) is 4.78. The van der Waals surface area contributed by atoms with E-state index in [-0.39, 0.29) is 37.9 Å². The number of halogens is 4. The molecule has 0 bridgehead atoms. The summed E-state index contributed by atoms with van der Waals surface area (Å²) in [5.41, 5.74) is 4.47. The molecule has 11 nitrogen and oxygen atoms in total. The van der Waals surface area contributed by atoms with Crippen LogP contribution < -0.4 is 16.2 Å². The van der Waals surface area contributed by atoms with Crippen LogP contribution in [-0.4, -0.2) is 76.7 Å². The minimum absolute atomic E-state index is 0.0591. The monoisotopic (exact) mass is 661 g/mol. The van der Waals surface area contributed by atoms with Gasteiger partial charge < -0.3 is 10.1 Å². The van der Waals surface area contributed by atoms with Gasteiger partial charge in [0.15, 0.2) is 0 Å². The molecule has 0 saturated heterocycles. The number of nitrogens with zero attached hydrogens (tertiary/aromatic N) is 2. The van der Waals surface area contributed by atoms with Crippen LogP contribution in [-0.2, 0) is 19.1 Å². The maximum absolute atomic E-state index is 13.2. The van der Waals surface area contributed by atoms with E-state index in [1.807, 2.05) is 0 Å². The summed E-state index contributed by atoms with van der Waals surface area (Å²) in [5.74, 6) is -2.29. The van der Waals surface area contributed by atoms with Gasteiger partial charge in [0.1, 0.15) is 11.6 Å². The van der Waals surface area contributed by atoms with Crippen LogP contribution in [0.3, 0.4) is 0 Å². The van der Waals surface area contributed by atoms with Crippen molar-refractivity contribution >= 4 is 58.9 Å². The Bertz CT molecular complexity index is 1350. The number of alkyl halides is 3. The van der Waals surface area contributed by atoms with Gasteiger partial charge in [-0.1, -0.05) is 17.7 Å². The SMILES string of the molecule is CC(C)(C)OC(=O)N(CCNC(=O)c1cnc2cc(Cl)ccc2c1)[C@H](CCCS)C(=O)NNC(=O)C1CC(OC(F)(F)F)C1. The van der Waals surface area contributed by atoms with Crippen LogP contribution in [0.1, 0.15) is 56.8 Å². The molecule has 1 fully saturated rings. The first-order valence-corrected chi connectivity index (χ1v) is 14.9. The lowest BCUT2D eigenvalue weighted by Gasteiger charge is -2.35. The number of nitrogens with one attached hydrogen (secondary N) is 3. The highest BCUT2D eigenvalue weighted by Crippen LogP contribution is 2.34. The molecule has 2 aromatic rings. The van der Waals surface area contributed by atoms with Crippen LogP contribution in [0, 0.1) is 5.92 Å². The summed E-state index contributed by atoms with van der Waals surface area (Å²) in [6.07, 6.45) is -5.13. The van der Waals surface area contributed by atoms with Crippen molar-refractivity contribution in [3.8, 4) is 0 Å². The van der Waals surface area contributed by atoms with E-state index in [1.54, 1.807) is 45.0 Å². The predicted molar refractivity (Wildman–Crippen MR) is 159 cm³/mol. The van der Waals surface area contributed by atoms with Crippen molar-refractivity contribution in [1.82, 2.24) is 26.1 Å². The highest BCUT2D eigenvalue weighted by atomic mass is 35.5. The highest BCUT2D eigenvalue weighted by Gasteiger charge is 2.43. The quantitative estimate of drug-likeness (QED) is 0.207. The first-order chi connectivity index (χ1) is 20.6. The van der Waals surface area contributed by atoms with Crippen molar-refractivity contribution < 1.29 is 41.8 Å². The van der Waals surface area contributed by atoms with Gasteiger partial charge in [-0.25, -0.2) is 4.79 Å². The second-order valence-electron chi connectivity index (χ2n) is 11.2. The average Bonchev–Trinajstić information content (AvgIpc) is 2.90. The van der Waals surface area contributed by atoms with Crippen LogP contribution in [0.25, 0.3) is 10.9 Å². The van der Waals surface area contributed by atoms with Crippen molar-refractivity contribution in [3.63, 3.8) is 0 Å². The van der Waals surface area contributed by atoms with Gasteiger partial charge in [0.25, 0.3) is 11.8 Å². The largest absolute Gasteiger partial charge is 0.522 e. The van der Waals surface area contributed by atoms with Gasteiger partial charge in [0, 0.05) is 35.6 Å². The van der Waals surface area contributed by atoms with E-state index >= 15 is 0 Å². The van der Waals surface area contributed by atoms with Crippen molar-refractivity contribution in [1.29, 1.82) is 0 Å². The lowest BCUT2D eigenvalue weighted by atomic mass is 9.82. The lowest BCUT2D eigenvalue weighted by molar-refractivity contribution is -0.353. The van der Waals surface area contributed by atoms with Crippen molar-refractivity contribution in [2.24, 2.45) is 5.92 Å². The number of hydrogen-bond donors (Lipinski definition) is 4. The fourth-order valence-electron chi connectivity index (χ4n) is 4.39. The van der Waals surface area contributed by atoms with E-state index in [9.17, 15) is 32.3 Å². The Kier molecular flexibility index (Phi) is 12.1. The fraction of sp³-hybridized carbons (Fsp3) is 0.536. The predicted octanol–water partition coefficient (Wildman–Crippen LogP) is 4.40. The smallest absolute Gasteiger partial charge is 0.444 e. The maximum atomic E-state index is 13.2. The minimum Gasteiger partial charge on any atom is -0.444 e. The van der Waals surface area contributed by atoms with Gasteiger partial charge in [-0.15, -0.1) is 13.2 Å². The van der Waals surface area contributed by atoms with Crippen LogP contribution in [0.5, 0.6) is 0 Å². The Morgan fingerprint density at radius 2 is 1.84 bits per heavy atom. The molecule has 44 heavy (non-hydrogen) atoms. The summed E-state index contributed by atoms with van der Waals surface area (Å²) in [7, 11) is 0. The molecule has 242 valence electrons. The Hall–Kier alpha value is -3.30. The van der Waals surface area contributed by atoms with E-state index in [0.29, 0.717) is 28.1 Å². The molecule has 16 heteroatoms. The maximum Gasteiger partial charge on any atom is 0.522 e. The molecule has 1 saturated carbocycles. The fourth-order valence-corrected chi connectivity index (χ4v) is 4.74. The summed E-state index contributed by atoms with van der Waals surface area (Å²) < 4.78 is 46.5. The molecular weight excluding hydrogens is 627 g/mol. The topological polar surface area (TPSA) is 139 Å². The van der Waals surface area contributed by atoms with E-state index in [4.69, 9.17) is 16.3 Å². The van der Waals surface area contributed by atoms with Crippen LogP contribution in [0.15, 0.2) is 30.5 Å². The van der Waals surface area contributed by atoms with Gasteiger partial charge in [-0.2, -0.15) is 12.6 Å². The number of ether oxygens (including phenoxy) is 2. The molecule has 4 amide bonds. The number of rotatable bonds is 11. The van der Waals surface area contributed by atoms with Gasteiger partial charge >= 0.3 is 12.5 Å². The zero-order chi connectivity index (χ0) is 32.7. The number of carbonyl (C=O) groups is 4. The zero-order valence-electron chi connectivity index (χ0n) is 24.4. The number of carbonyl (C=O) groups excluding carboxylic acids is 4. The number of thiol groups is 1. The van der Waals surface area contributed by atoms with Gasteiger partial charge in [0.05, 0.1) is 17.2 Å². The molecule has 0 aliphatic heterocycles. The Morgan fingerprint density at radius 3 is 2.48 bits per heavy atom. The molecule has 0 spiro atoms.